The van der Waals surface area contributed by atoms with Gasteiger partial charge in [0.15, 0.2) is 0 Å². The fourth-order valence-corrected chi connectivity index (χ4v) is 1.38. The van der Waals surface area contributed by atoms with Gasteiger partial charge in [0.05, 0.1) is 7.11 Å². The Kier molecular flexibility index (Phi) is 3.51. The average Bonchev–Trinajstić information content (AvgIpc) is 2.20. The van der Waals surface area contributed by atoms with Crippen LogP contribution < -0.4 is 4.74 Å². The van der Waals surface area contributed by atoms with E-state index in [2.05, 4.69) is 0 Å². The Morgan fingerprint density at radius 2 is 2.21 bits per heavy atom. The van der Waals surface area contributed by atoms with Gasteiger partial charge in [-0.2, -0.15) is 0 Å². The second-order valence-corrected chi connectivity index (χ2v) is 3.11. The number of carbonyl (C=O) groups excluding carboxylic acids is 1. The second-order valence-electron chi connectivity index (χ2n) is 3.11. The number of phenolic OH excluding ortho intramolecular Hbond substituents is 1. The van der Waals surface area contributed by atoms with Crippen LogP contribution in [0, 0.1) is 6.92 Å². The van der Waals surface area contributed by atoms with E-state index in [0.717, 1.165) is 17.4 Å². The van der Waals surface area contributed by atoms with Crippen LogP contribution in [0.4, 0.5) is 0 Å². The van der Waals surface area contributed by atoms with Crippen molar-refractivity contribution in [3.8, 4) is 11.5 Å². The molecule has 0 aromatic heterocycles. The summed E-state index contributed by atoms with van der Waals surface area (Å²) >= 11 is 0. The third-order valence-corrected chi connectivity index (χ3v) is 2.22. The number of phenols is 1. The summed E-state index contributed by atoms with van der Waals surface area (Å²) in [4.78, 5) is 10.2. The number of aryl methyl sites for hydroxylation is 1. The molecular formula is C11H14O3. The summed E-state index contributed by atoms with van der Waals surface area (Å²) in [5, 5.41) is 9.74. The fraction of sp³-hybridized carbons (Fsp3) is 0.364. The van der Waals surface area contributed by atoms with Gasteiger partial charge in [0.1, 0.15) is 17.8 Å². The first-order valence-corrected chi connectivity index (χ1v) is 4.49. The minimum atomic E-state index is 0.228. The zero-order valence-corrected chi connectivity index (χ0v) is 8.41. The summed E-state index contributed by atoms with van der Waals surface area (Å²) in [5.74, 6) is 0.892. The molecular weight excluding hydrogens is 180 g/mol. The Balaban J connectivity index is 2.98. The number of hydrogen-bond donors (Lipinski definition) is 1. The van der Waals surface area contributed by atoms with Crippen LogP contribution in [0.25, 0.3) is 0 Å². The van der Waals surface area contributed by atoms with Gasteiger partial charge in [-0.3, -0.25) is 0 Å². The summed E-state index contributed by atoms with van der Waals surface area (Å²) in [6.45, 7) is 1.79. The number of aromatic hydroxyl groups is 1. The molecule has 0 spiro atoms. The largest absolute Gasteiger partial charge is 0.507 e. The highest BCUT2D eigenvalue weighted by molar-refractivity contribution is 5.53. The molecule has 0 atom stereocenters. The van der Waals surface area contributed by atoms with Crippen molar-refractivity contribution in [2.45, 2.75) is 19.8 Å². The predicted molar refractivity (Wildman–Crippen MR) is 53.8 cm³/mol. The maximum atomic E-state index is 10.2. The van der Waals surface area contributed by atoms with Gasteiger partial charge < -0.3 is 14.6 Å². The van der Waals surface area contributed by atoms with Gasteiger partial charge in [0.2, 0.25) is 0 Å². The number of benzene rings is 1. The molecule has 1 N–H and O–H groups in total. The van der Waals surface area contributed by atoms with Crippen molar-refractivity contribution in [2.24, 2.45) is 0 Å². The van der Waals surface area contributed by atoms with Crippen LogP contribution in [-0.4, -0.2) is 18.5 Å². The van der Waals surface area contributed by atoms with Crippen LogP contribution in [0.2, 0.25) is 0 Å². The third kappa shape index (κ3) is 2.05. The van der Waals surface area contributed by atoms with E-state index in [9.17, 15) is 9.90 Å². The lowest BCUT2D eigenvalue weighted by Gasteiger charge is -2.09. The molecule has 0 amide bonds. The van der Waals surface area contributed by atoms with E-state index < -0.39 is 0 Å². The molecule has 76 valence electrons. The van der Waals surface area contributed by atoms with E-state index in [4.69, 9.17) is 4.74 Å². The molecule has 0 aliphatic rings. The quantitative estimate of drug-likeness (QED) is 0.744. The van der Waals surface area contributed by atoms with Crippen LogP contribution in [0.1, 0.15) is 17.5 Å². The first-order valence-electron chi connectivity index (χ1n) is 4.49. The van der Waals surface area contributed by atoms with Gasteiger partial charge in [-0.25, -0.2) is 0 Å². The van der Waals surface area contributed by atoms with Crippen molar-refractivity contribution >= 4 is 6.29 Å². The van der Waals surface area contributed by atoms with Gasteiger partial charge in [-0.15, -0.1) is 0 Å². The highest BCUT2D eigenvalue weighted by Gasteiger charge is 2.08. The van der Waals surface area contributed by atoms with Crippen molar-refractivity contribution < 1.29 is 14.6 Å². The van der Waals surface area contributed by atoms with Gasteiger partial charge >= 0.3 is 0 Å². The lowest BCUT2D eigenvalue weighted by Crippen LogP contribution is -1.92. The summed E-state index contributed by atoms with van der Waals surface area (Å²) in [7, 11) is 1.56. The molecule has 0 saturated carbocycles. The fourth-order valence-electron chi connectivity index (χ4n) is 1.38. The Morgan fingerprint density at radius 1 is 1.50 bits per heavy atom. The Hall–Kier alpha value is -1.51. The topological polar surface area (TPSA) is 46.5 Å². The van der Waals surface area contributed by atoms with E-state index in [-0.39, 0.29) is 5.75 Å². The van der Waals surface area contributed by atoms with Crippen LogP contribution in [0.15, 0.2) is 12.1 Å². The Morgan fingerprint density at radius 3 is 2.79 bits per heavy atom. The minimum Gasteiger partial charge on any atom is -0.507 e. The minimum absolute atomic E-state index is 0.228. The maximum absolute atomic E-state index is 10.2. The van der Waals surface area contributed by atoms with Gasteiger partial charge in [-0.05, 0) is 25.0 Å². The number of ether oxygens (including phenoxy) is 1. The average molecular weight is 194 g/mol. The van der Waals surface area contributed by atoms with E-state index in [0.29, 0.717) is 18.6 Å². The van der Waals surface area contributed by atoms with Crippen molar-refractivity contribution in [3.63, 3.8) is 0 Å². The molecule has 0 aliphatic carbocycles. The Labute approximate surface area is 83.3 Å². The highest BCUT2D eigenvalue weighted by Crippen LogP contribution is 2.30. The zero-order valence-electron chi connectivity index (χ0n) is 8.41. The van der Waals surface area contributed by atoms with Crippen molar-refractivity contribution in [3.05, 3.63) is 23.3 Å². The summed E-state index contributed by atoms with van der Waals surface area (Å²) < 4.78 is 5.06. The maximum Gasteiger partial charge on any atom is 0.125 e. The predicted octanol–water partition coefficient (Wildman–Crippen LogP) is 1.84. The highest BCUT2D eigenvalue weighted by atomic mass is 16.5. The lowest BCUT2D eigenvalue weighted by atomic mass is 10.0. The molecule has 0 saturated heterocycles. The summed E-state index contributed by atoms with van der Waals surface area (Å²) in [6.07, 6.45) is 1.85. The molecule has 0 bridgehead atoms. The molecule has 0 fully saturated rings. The number of methoxy groups -OCH3 is 1. The van der Waals surface area contributed by atoms with E-state index in [1.54, 1.807) is 26.2 Å². The van der Waals surface area contributed by atoms with Crippen LogP contribution >= 0.6 is 0 Å². The SMILES string of the molecule is COc1ccc(CCC=O)c(O)c1C. The van der Waals surface area contributed by atoms with Crippen molar-refractivity contribution in [1.82, 2.24) is 0 Å². The van der Waals surface area contributed by atoms with Crippen LogP contribution in [0.5, 0.6) is 11.5 Å². The standard InChI is InChI=1S/C11H14O3/c1-8-10(14-2)6-5-9(11(8)13)4-3-7-12/h5-7,13H,3-4H2,1-2H3. The second kappa shape index (κ2) is 4.65. The molecule has 1 aromatic carbocycles. The monoisotopic (exact) mass is 194 g/mol. The van der Waals surface area contributed by atoms with Gasteiger partial charge in [-0.1, -0.05) is 6.07 Å². The number of rotatable bonds is 4. The van der Waals surface area contributed by atoms with Crippen molar-refractivity contribution in [1.29, 1.82) is 0 Å². The molecule has 14 heavy (non-hydrogen) atoms. The number of carbonyl (C=O) groups is 1. The normalized spacial score (nSPS) is 9.86. The van der Waals surface area contributed by atoms with Crippen LogP contribution in [-0.2, 0) is 11.2 Å². The molecule has 3 heteroatoms. The Bertz CT molecular complexity index is 332. The van der Waals surface area contributed by atoms with Crippen LogP contribution in [0.3, 0.4) is 0 Å². The number of hydrogen-bond acceptors (Lipinski definition) is 3. The van der Waals surface area contributed by atoms with Crippen molar-refractivity contribution in [2.75, 3.05) is 7.11 Å². The smallest absolute Gasteiger partial charge is 0.125 e. The van der Waals surface area contributed by atoms with Gasteiger partial charge in [0.25, 0.3) is 0 Å². The molecule has 1 rings (SSSR count). The summed E-state index contributed by atoms with van der Waals surface area (Å²) in [5.41, 5.74) is 1.51. The molecule has 0 unspecified atom stereocenters. The molecule has 0 heterocycles. The summed E-state index contributed by atoms with van der Waals surface area (Å²) in [6, 6.07) is 3.58. The number of aldehydes is 1. The molecule has 1 aromatic rings. The molecule has 0 radical (unpaired) electrons. The van der Waals surface area contributed by atoms with E-state index >= 15 is 0 Å². The molecule has 0 aliphatic heterocycles. The molecule has 3 nitrogen and oxygen atoms in total. The van der Waals surface area contributed by atoms with E-state index in [1.807, 2.05) is 0 Å². The first-order chi connectivity index (χ1) is 6.70. The zero-order chi connectivity index (χ0) is 10.6. The van der Waals surface area contributed by atoms with Gasteiger partial charge in [0, 0.05) is 12.0 Å². The van der Waals surface area contributed by atoms with E-state index in [1.165, 1.54) is 0 Å². The first kappa shape index (κ1) is 10.6. The third-order valence-electron chi connectivity index (χ3n) is 2.22. The lowest BCUT2D eigenvalue weighted by molar-refractivity contribution is -0.107.